The zero-order chi connectivity index (χ0) is 27.0. The topological polar surface area (TPSA) is 88.7 Å². The Hall–Kier alpha value is -3.44. The summed E-state index contributed by atoms with van der Waals surface area (Å²) in [7, 11) is 0. The van der Waals surface area contributed by atoms with Gasteiger partial charge in [0.05, 0.1) is 11.5 Å². The standard InChI is InChI=1S/C27H25F4N3O4.ClH/c1-15(12-28)37-23-9-6-18(11-22(23)27(29,30)31)25-32-24(33-38-25)17-2-3-19-13-34(14-20(19)10-17)21-7-4-16(5-8-21)26(35)36;/h2-3,6,9-11,16,21H,1,4-5,7-8,12-14H2,(H,35,36);1H. The van der Waals surface area contributed by atoms with Crippen molar-refractivity contribution in [3.05, 3.63) is 65.4 Å². The third-order valence-electron chi connectivity index (χ3n) is 7.13. The summed E-state index contributed by atoms with van der Waals surface area (Å²) in [5.41, 5.74) is 1.87. The number of fused-ring (bicyclic) bond motifs is 1. The molecule has 2 aliphatic rings. The van der Waals surface area contributed by atoms with Crippen molar-refractivity contribution in [1.29, 1.82) is 0 Å². The van der Waals surface area contributed by atoms with Crippen molar-refractivity contribution in [1.82, 2.24) is 15.0 Å². The number of ether oxygens (including phenoxy) is 1. The number of halogens is 5. The SMILES string of the molecule is C=C(CF)Oc1ccc(-c2nc(-c3ccc4c(c3)CN(C3CCC(C(=O)O)CC3)C4)no2)cc1C(F)(F)F.Cl. The molecule has 39 heavy (non-hydrogen) atoms. The molecule has 1 N–H and O–H groups in total. The second-order valence-electron chi connectivity index (χ2n) is 9.64. The first-order valence-corrected chi connectivity index (χ1v) is 12.2. The molecule has 0 atom stereocenters. The van der Waals surface area contributed by atoms with Gasteiger partial charge >= 0.3 is 12.1 Å². The average molecular weight is 568 g/mol. The molecule has 0 radical (unpaired) electrons. The Balaban J connectivity index is 0.00000353. The number of alkyl halides is 4. The van der Waals surface area contributed by atoms with Gasteiger partial charge in [-0.3, -0.25) is 9.69 Å². The van der Waals surface area contributed by atoms with E-state index < -0.39 is 35.9 Å². The van der Waals surface area contributed by atoms with Crippen LogP contribution in [-0.2, 0) is 24.1 Å². The van der Waals surface area contributed by atoms with Gasteiger partial charge in [-0.2, -0.15) is 18.2 Å². The number of benzene rings is 2. The number of carboxylic acids is 1. The fourth-order valence-corrected chi connectivity index (χ4v) is 5.12. The minimum atomic E-state index is -4.76. The normalized spacial score (nSPS) is 19.3. The van der Waals surface area contributed by atoms with E-state index >= 15 is 0 Å². The van der Waals surface area contributed by atoms with Crippen LogP contribution in [0.2, 0.25) is 0 Å². The van der Waals surface area contributed by atoms with Crippen LogP contribution in [0.15, 0.2) is 53.3 Å². The van der Waals surface area contributed by atoms with Crippen molar-refractivity contribution in [3.63, 3.8) is 0 Å². The fourth-order valence-electron chi connectivity index (χ4n) is 5.12. The third-order valence-corrected chi connectivity index (χ3v) is 7.13. The van der Waals surface area contributed by atoms with Crippen molar-refractivity contribution >= 4 is 18.4 Å². The summed E-state index contributed by atoms with van der Waals surface area (Å²) in [5.74, 6) is -1.85. The number of allylic oxidation sites excluding steroid dienone is 1. The predicted octanol–water partition coefficient (Wildman–Crippen LogP) is 6.67. The maximum atomic E-state index is 13.6. The average Bonchev–Trinajstić information content (AvgIpc) is 3.55. The largest absolute Gasteiger partial charge is 0.481 e. The number of hydrogen-bond acceptors (Lipinski definition) is 6. The summed E-state index contributed by atoms with van der Waals surface area (Å²) in [6.07, 6.45) is -1.71. The highest BCUT2D eigenvalue weighted by Gasteiger charge is 2.36. The quantitative estimate of drug-likeness (QED) is 0.252. The van der Waals surface area contributed by atoms with Crippen molar-refractivity contribution in [2.75, 3.05) is 6.67 Å². The molecule has 1 aromatic heterocycles. The van der Waals surface area contributed by atoms with E-state index in [-0.39, 0.29) is 35.6 Å². The Bertz CT molecular complexity index is 1370. The molecule has 0 bridgehead atoms. The zero-order valence-corrected chi connectivity index (χ0v) is 21.5. The van der Waals surface area contributed by atoms with Crippen LogP contribution in [0.5, 0.6) is 5.75 Å². The molecule has 3 aromatic rings. The third kappa shape index (κ3) is 6.09. The zero-order valence-electron chi connectivity index (χ0n) is 20.7. The van der Waals surface area contributed by atoms with Crippen molar-refractivity contribution < 1.29 is 36.7 Å². The molecule has 5 rings (SSSR count). The number of aliphatic carboxylic acids is 1. The van der Waals surface area contributed by atoms with Gasteiger partial charge in [0.25, 0.3) is 5.89 Å². The van der Waals surface area contributed by atoms with Crippen LogP contribution in [0.25, 0.3) is 22.8 Å². The summed E-state index contributed by atoms with van der Waals surface area (Å²) in [5, 5.41) is 13.2. The summed E-state index contributed by atoms with van der Waals surface area (Å²) in [6.45, 7) is 3.63. The lowest BCUT2D eigenvalue weighted by Crippen LogP contribution is -2.35. The second-order valence-corrected chi connectivity index (χ2v) is 9.64. The van der Waals surface area contributed by atoms with E-state index in [0.29, 0.717) is 24.4 Å². The van der Waals surface area contributed by atoms with E-state index in [1.54, 1.807) is 0 Å². The number of carboxylic acid groups (broad SMARTS) is 1. The Morgan fingerprint density at radius 3 is 2.44 bits per heavy atom. The van der Waals surface area contributed by atoms with Gasteiger partial charge in [-0.15, -0.1) is 12.4 Å². The molecule has 12 heteroatoms. The number of carbonyl (C=O) groups is 1. The molecule has 1 aliphatic heterocycles. The Labute approximate surface area is 227 Å². The number of nitrogens with zero attached hydrogens (tertiary/aromatic N) is 3. The fraction of sp³-hybridized carbons (Fsp3) is 0.370. The van der Waals surface area contributed by atoms with Crippen LogP contribution in [0, 0.1) is 5.92 Å². The molecule has 1 saturated carbocycles. The van der Waals surface area contributed by atoms with Crippen molar-refractivity contribution in [2.24, 2.45) is 5.92 Å². The summed E-state index contributed by atoms with van der Waals surface area (Å²) in [6, 6.07) is 9.32. The first kappa shape index (κ1) is 28.6. The molecule has 1 aliphatic carbocycles. The van der Waals surface area contributed by atoms with Crippen LogP contribution in [-0.4, -0.2) is 38.8 Å². The molecule has 0 spiro atoms. The predicted molar refractivity (Wildman–Crippen MR) is 136 cm³/mol. The summed E-state index contributed by atoms with van der Waals surface area (Å²) in [4.78, 5) is 17.9. The Kier molecular flexibility index (Phi) is 8.31. The monoisotopic (exact) mass is 567 g/mol. The van der Waals surface area contributed by atoms with Gasteiger partial charge in [0.15, 0.2) is 0 Å². The van der Waals surface area contributed by atoms with Crippen LogP contribution in [0.1, 0.15) is 42.4 Å². The molecule has 0 saturated heterocycles. The second kappa shape index (κ2) is 11.4. The van der Waals surface area contributed by atoms with Gasteiger partial charge in [0.2, 0.25) is 5.82 Å². The van der Waals surface area contributed by atoms with E-state index in [1.807, 2.05) is 18.2 Å². The lowest BCUT2D eigenvalue weighted by Gasteiger charge is -2.33. The van der Waals surface area contributed by atoms with E-state index in [4.69, 9.17) is 9.26 Å². The molecular weight excluding hydrogens is 542 g/mol. The Morgan fingerprint density at radius 2 is 1.77 bits per heavy atom. The Morgan fingerprint density at radius 1 is 1.08 bits per heavy atom. The maximum Gasteiger partial charge on any atom is 0.420 e. The number of rotatable bonds is 7. The summed E-state index contributed by atoms with van der Waals surface area (Å²) >= 11 is 0. The first-order valence-electron chi connectivity index (χ1n) is 12.2. The van der Waals surface area contributed by atoms with Gasteiger partial charge in [0.1, 0.15) is 18.2 Å². The molecule has 208 valence electrons. The molecule has 0 unspecified atom stereocenters. The van der Waals surface area contributed by atoms with E-state index in [0.717, 1.165) is 49.2 Å². The van der Waals surface area contributed by atoms with Gasteiger partial charge in [-0.1, -0.05) is 23.9 Å². The molecule has 2 heterocycles. The number of aromatic nitrogens is 2. The lowest BCUT2D eigenvalue weighted by molar-refractivity contribution is -0.143. The number of hydrogen-bond donors (Lipinski definition) is 1. The van der Waals surface area contributed by atoms with E-state index in [1.165, 1.54) is 6.07 Å². The van der Waals surface area contributed by atoms with E-state index in [2.05, 4.69) is 21.6 Å². The highest BCUT2D eigenvalue weighted by atomic mass is 35.5. The highest BCUT2D eigenvalue weighted by Crippen LogP contribution is 2.40. The smallest absolute Gasteiger partial charge is 0.420 e. The lowest BCUT2D eigenvalue weighted by atomic mass is 9.85. The van der Waals surface area contributed by atoms with Crippen molar-refractivity contribution in [2.45, 2.75) is 51.0 Å². The van der Waals surface area contributed by atoms with Crippen LogP contribution in [0.4, 0.5) is 17.6 Å². The van der Waals surface area contributed by atoms with Gasteiger partial charge < -0.3 is 14.4 Å². The minimum Gasteiger partial charge on any atom is -0.481 e. The highest BCUT2D eigenvalue weighted by molar-refractivity contribution is 5.85. The van der Waals surface area contributed by atoms with Gasteiger partial charge in [-0.05, 0) is 61.1 Å². The first-order chi connectivity index (χ1) is 18.1. The molecular formula is C27H26ClF4N3O4. The van der Waals surface area contributed by atoms with E-state index in [9.17, 15) is 27.5 Å². The molecule has 0 amide bonds. The van der Waals surface area contributed by atoms with Gasteiger partial charge in [-0.25, -0.2) is 4.39 Å². The van der Waals surface area contributed by atoms with Crippen LogP contribution >= 0.6 is 12.4 Å². The molecule has 2 aromatic carbocycles. The maximum absolute atomic E-state index is 13.6. The van der Waals surface area contributed by atoms with Crippen LogP contribution in [0.3, 0.4) is 0 Å². The molecule has 1 fully saturated rings. The van der Waals surface area contributed by atoms with Gasteiger partial charge in [0, 0.05) is 30.3 Å². The summed E-state index contributed by atoms with van der Waals surface area (Å²) < 4.78 is 63.7. The van der Waals surface area contributed by atoms with Crippen molar-refractivity contribution in [3.8, 4) is 28.6 Å². The minimum absolute atomic E-state index is 0. The molecule has 7 nitrogen and oxygen atoms in total. The van der Waals surface area contributed by atoms with Crippen LogP contribution < -0.4 is 4.74 Å².